The summed E-state index contributed by atoms with van der Waals surface area (Å²) >= 11 is 0. The number of fused-ring (bicyclic) bond motifs is 1. The molecule has 4 aromatic rings. The number of ether oxygens (including phenoxy) is 2. The van der Waals surface area contributed by atoms with Crippen molar-refractivity contribution in [3.05, 3.63) is 94.0 Å². The summed E-state index contributed by atoms with van der Waals surface area (Å²) in [5.74, 6) is 0.374. The summed E-state index contributed by atoms with van der Waals surface area (Å²) in [5, 5.41) is 11.5. The van der Waals surface area contributed by atoms with Crippen LogP contribution in [0.1, 0.15) is 15.9 Å². The molecule has 1 aromatic heterocycles. The lowest BCUT2D eigenvalue weighted by atomic mass is 10.0. The quantitative estimate of drug-likeness (QED) is 0.189. The van der Waals surface area contributed by atoms with Gasteiger partial charge in [0, 0.05) is 23.1 Å². The maximum absolute atomic E-state index is 13.0. The molecule has 0 saturated carbocycles. The molecule has 0 spiro atoms. The van der Waals surface area contributed by atoms with Crippen LogP contribution in [0.5, 0.6) is 11.5 Å². The molecule has 0 atom stereocenters. The van der Waals surface area contributed by atoms with E-state index >= 15 is 0 Å². The highest BCUT2D eigenvalue weighted by molar-refractivity contribution is 6.05. The van der Waals surface area contributed by atoms with Crippen molar-refractivity contribution >= 4 is 22.6 Å². The van der Waals surface area contributed by atoms with Gasteiger partial charge in [-0.25, -0.2) is 9.78 Å². The van der Waals surface area contributed by atoms with Crippen LogP contribution in [0.15, 0.2) is 72.8 Å². The van der Waals surface area contributed by atoms with E-state index in [9.17, 15) is 14.9 Å². The van der Waals surface area contributed by atoms with E-state index in [1.807, 2.05) is 49.4 Å². The fourth-order valence-corrected chi connectivity index (χ4v) is 3.22. The van der Waals surface area contributed by atoms with E-state index in [1.54, 1.807) is 13.2 Å². The van der Waals surface area contributed by atoms with E-state index in [0.717, 1.165) is 16.9 Å². The number of aryl methyl sites for hydroxylation is 1. The van der Waals surface area contributed by atoms with Crippen LogP contribution in [0, 0.1) is 17.0 Å². The van der Waals surface area contributed by atoms with Crippen molar-refractivity contribution in [1.82, 2.24) is 4.98 Å². The van der Waals surface area contributed by atoms with E-state index in [1.165, 1.54) is 24.3 Å². The maximum atomic E-state index is 13.0. The summed E-state index contributed by atoms with van der Waals surface area (Å²) in [6.07, 6.45) is 0. The van der Waals surface area contributed by atoms with Crippen molar-refractivity contribution in [2.24, 2.45) is 0 Å². The number of pyridine rings is 1. The standard InChI is InChI=1S/C24H18N2O5/c1-15-3-12-22-20(13-15)21(14-23(25-22)16-4-8-18(30-2)9-5-16)24(27)31-19-10-6-17(7-11-19)26(28)29/h3-14H,1-2H3. The van der Waals surface area contributed by atoms with Crippen LogP contribution in [0.2, 0.25) is 0 Å². The molecule has 0 fully saturated rings. The minimum absolute atomic E-state index is 0.0772. The molecule has 0 unspecified atom stereocenters. The zero-order chi connectivity index (χ0) is 22.0. The van der Waals surface area contributed by atoms with Crippen molar-refractivity contribution < 1.29 is 19.2 Å². The zero-order valence-corrected chi connectivity index (χ0v) is 16.9. The van der Waals surface area contributed by atoms with Crippen molar-refractivity contribution in [2.45, 2.75) is 6.92 Å². The molecule has 0 bridgehead atoms. The second kappa shape index (κ2) is 8.23. The van der Waals surface area contributed by atoms with E-state index in [0.29, 0.717) is 22.2 Å². The van der Waals surface area contributed by atoms with Gasteiger partial charge in [0.05, 0.1) is 28.8 Å². The monoisotopic (exact) mass is 414 g/mol. The van der Waals surface area contributed by atoms with Crippen LogP contribution in [0.4, 0.5) is 5.69 Å². The number of hydrogen-bond acceptors (Lipinski definition) is 6. The van der Waals surface area contributed by atoms with Gasteiger partial charge < -0.3 is 9.47 Å². The Morgan fingerprint density at radius 2 is 1.61 bits per heavy atom. The minimum atomic E-state index is -0.568. The smallest absolute Gasteiger partial charge is 0.344 e. The van der Waals surface area contributed by atoms with E-state index in [4.69, 9.17) is 14.5 Å². The maximum Gasteiger partial charge on any atom is 0.344 e. The first-order valence-corrected chi connectivity index (χ1v) is 9.47. The molecule has 0 saturated heterocycles. The van der Waals surface area contributed by atoms with Crippen LogP contribution in [-0.4, -0.2) is 23.0 Å². The molecule has 154 valence electrons. The SMILES string of the molecule is COc1ccc(-c2cc(C(=O)Oc3ccc([N+](=O)[O-])cc3)c3cc(C)ccc3n2)cc1. The topological polar surface area (TPSA) is 91.6 Å². The van der Waals surface area contributed by atoms with Crippen molar-refractivity contribution in [1.29, 1.82) is 0 Å². The van der Waals surface area contributed by atoms with Gasteiger partial charge >= 0.3 is 5.97 Å². The first-order chi connectivity index (χ1) is 14.9. The summed E-state index contributed by atoms with van der Waals surface area (Å²) in [5.41, 5.74) is 3.37. The number of non-ortho nitro benzene ring substituents is 1. The second-order valence-electron chi connectivity index (χ2n) is 6.94. The second-order valence-corrected chi connectivity index (χ2v) is 6.94. The Morgan fingerprint density at radius 1 is 0.935 bits per heavy atom. The lowest BCUT2D eigenvalue weighted by Gasteiger charge is -2.11. The Balaban J connectivity index is 1.76. The first-order valence-electron chi connectivity index (χ1n) is 9.47. The van der Waals surface area contributed by atoms with Gasteiger partial charge in [-0.05, 0) is 61.5 Å². The molecule has 0 aliphatic carbocycles. The number of rotatable bonds is 5. The number of carbonyl (C=O) groups is 1. The lowest BCUT2D eigenvalue weighted by molar-refractivity contribution is -0.384. The summed E-state index contributed by atoms with van der Waals surface area (Å²) < 4.78 is 10.7. The fourth-order valence-electron chi connectivity index (χ4n) is 3.22. The summed E-state index contributed by atoms with van der Waals surface area (Å²) in [4.78, 5) is 28.1. The average molecular weight is 414 g/mol. The Morgan fingerprint density at radius 3 is 2.26 bits per heavy atom. The number of benzene rings is 3. The summed E-state index contributed by atoms with van der Waals surface area (Å²) in [7, 11) is 1.60. The first kappa shape index (κ1) is 20.0. The normalized spacial score (nSPS) is 10.6. The average Bonchev–Trinajstić information content (AvgIpc) is 2.78. The van der Waals surface area contributed by atoms with Crippen LogP contribution >= 0.6 is 0 Å². The highest BCUT2D eigenvalue weighted by Gasteiger charge is 2.17. The molecule has 0 aliphatic heterocycles. The number of nitrogens with zero attached hydrogens (tertiary/aromatic N) is 2. The zero-order valence-electron chi connectivity index (χ0n) is 16.9. The highest BCUT2D eigenvalue weighted by Crippen LogP contribution is 2.28. The Bertz CT molecular complexity index is 1280. The molecule has 31 heavy (non-hydrogen) atoms. The Kier molecular flexibility index (Phi) is 5.32. The molecular formula is C24H18N2O5. The van der Waals surface area contributed by atoms with E-state index in [-0.39, 0.29) is 11.4 Å². The molecule has 3 aromatic carbocycles. The van der Waals surface area contributed by atoms with Gasteiger partial charge in [-0.3, -0.25) is 10.1 Å². The number of esters is 1. The fraction of sp³-hybridized carbons (Fsp3) is 0.0833. The minimum Gasteiger partial charge on any atom is -0.497 e. The number of hydrogen-bond donors (Lipinski definition) is 0. The Labute approximate surface area is 178 Å². The van der Waals surface area contributed by atoms with Crippen molar-refractivity contribution in [2.75, 3.05) is 7.11 Å². The van der Waals surface area contributed by atoms with Crippen molar-refractivity contribution in [3.63, 3.8) is 0 Å². The predicted molar refractivity (Wildman–Crippen MR) is 117 cm³/mol. The third kappa shape index (κ3) is 4.20. The van der Waals surface area contributed by atoms with Gasteiger partial charge in [0.15, 0.2) is 0 Å². The molecular weight excluding hydrogens is 396 g/mol. The molecule has 7 heteroatoms. The van der Waals surface area contributed by atoms with Gasteiger partial charge in [0.25, 0.3) is 5.69 Å². The van der Waals surface area contributed by atoms with Gasteiger partial charge in [-0.2, -0.15) is 0 Å². The third-order valence-corrected chi connectivity index (χ3v) is 4.83. The van der Waals surface area contributed by atoms with Crippen molar-refractivity contribution in [3.8, 4) is 22.8 Å². The van der Waals surface area contributed by atoms with Crippen LogP contribution in [0.3, 0.4) is 0 Å². The molecule has 0 aliphatic rings. The summed E-state index contributed by atoms with van der Waals surface area (Å²) in [6.45, 7) is 1.93. The molecule has 0 N–H and O–H groups in total. The third-order valence-electron chi connectivity index (χ3n) is 4.83. The predicted octanol–water partition coefficient (Wildman–Crippen LogP) is 5.35. The molecule has 0 amide bonds. The molecule has 0 radical (unpaired) electrons. The highest BCUT2D eigenvalue weighted by atomic mass is 16.6. The number of nitro benzene ring substituents is 1. The van der Waals surface area contributed by atoms with Crippen LogP contribution in [-0.2, 0) is 0 Å². The largest absolute Gasteiger partial charge is 0.497 e. The molecule has 1 heterocycles. The number of carbonyl (C=O) groups excluding carboxylic acids is 1. The Hall–Kier alpha value is -4.26. The number of methoxy groups -OCH3 is 1. The van der Waals surface area contributed by atoms with E-state index < -0.39 is 10.9 Å². The van der Waals surface area contributed by atoms with Gasteiger partial charge in [-0.1, -0.05) is 11.6 Å². The van der Waals surface area contributed by atoms with Gasteiger partial charge in [0.1, 0.15) is 11.5 Å². The van der Waals surface area contributed by atoms with Gasteiger partial charge in [0.2, 0.25) is 0 Å². The van der Waals surface area contributed by atoms with Crippen LogP contribution < -0.4 is 9.47 Å². The molecule has 7 nitrogen and oxygen atoms in total. The molecule has 4 rings (SSSR count). The summed E-state index contributed by atoms with van der Waals surface area (Å²) in [6, 6.07) is 20.1. The lowest BCUT2D eigenvalue weighted by Crippen LogP contribution is -2.10. The van der Waals surface area contributed by atoms with E-state index in [2.05, 4.69) is 0 Å². The number of aromatic nitrogens is 1. The van der Waals surface area contributed by atoms with Gasteiger partial charge in [-0.15, -0.1) is 0 Å². The number of nitro groups is 1. The van der Waals surface area contributed by atoms with Crippen LogP contribution in [0.25, 0.3) is 22.2 Å².